The third-order valence-corrected chi connectivity index (χ3v) is 3.00. The van der Waals surface area contributed by atoms with E-state index in [-0.39, 0.29) is 0 Å². The summed E-state index contributed by atoms with van der Waals surface area (Å²) in [5, 5.41) is 6.59. The highest BCUT2D eigenvalue weighted by Crippen LogP contribution is 1.98. The van der Waals surface area contributed by atoms with E-state index in [1.165, 1.54) is 0 Å². The van der Waals surface area contributed by atoms with Crippen molar-refractivity contribution in [2.75, 3.05) is 32.8 Å². The van der Waals surface area contributed by atoms with Gasteiger partial charge >= 0.3 is 0 Å². The molecule has 1 aromatic rings. The van der Waals surface area contributed by atoms with Crippen LogP contribution in [0.5, 0.6) is 0 Å². The van der Waals surface area contributed by atoms with E-state index in [4.69, 9.17) is 12.2 Å². The molecule has 0 bridgehead atoms. The largest absolute Gasteiger partial charge is 0.363 e. The first kappa shape index (κ1) is 11.4. The Morgan fingerprint density at radius 3 is 2.75 bits per heavy atom. The number of nitrogens with one attached hydrogen (secondary N) is 2. The van der Waals surface area contributed by atoms with Gasteiger partial charge in [0.2, 0.25) is 0 Å². The first-order chi connectivity index (χ1) is 7.86. The minimum Gasteiger partial charge on any atom is -0.363 e. The van der Waals surface area contributed by atoms with Gasteiger partial charge in [0.1, 0.15) is 4.99 Å². The zero-order valence-electron chi connectivity index (χ0n) is 9.15. The van der Waals surface area contributed by atoms with E-state index in [0.29, 0.717) is 0 Å². The van der Waals surface area contributed by atoms with Crippen molar-refractivity contribution >= 4 is 17.2 Å². The lowest BCUT2D eigenvalue weighted by molar-refractivity contribution is 0.237. The fourth-order valence-electron chi connectivity index (χ4n) is 1.66. The Morgan fingerprint density at radius 1 is 1.38 bits per heavy atom. The van der Waals surface area contributed by atoms with Crippen LogP contribution in [0.2, 0.25) is 0 Å². The lowest BCUT2D eigenvalue weighted by Crippen LogP contribution is -2.48. The van der Waals surface area contributed by atoms with Crippen molar-refractivity contribution in [3.63, 3.8) is 0 Å². The van der Waals surface area contributed by atoms with Crippen LogP contribution < -0.4 is 10.6 Å². The molecule has 2 rings (SSSR count). The van der Waals surface area contributed by atoms with Gasteiger partial charge in [0.05, 0.1) is 6.67 Å². The average molecular weight is 236 g/mol. The molecule has 0 aliphatic carbocycles. The molecule has 5 heteroatoms. The van der Waals surface area contributed by atoms with Gasteiger partial charge in [-0.1, -0.05) is 12.2 Å². The van der Waals surface area contributed by atoms with Gasteiger partial charge in [-0.25, -0.2) is 0 Å². The molecule has 0 saturated carbocycles. The molecule has 0 amide bonds. The average Bonchev–Trinajstić information content (AvgIpc) is 2.38. The summed E-state index contributed by atoms with van der Waals surface area (Å²) < 4.78 is 0. The van der Waals surface area contributed by atoms with Gasteiger partial charge in [-0.05, 0) is 12.1 Å². The van der Waals surface area contributed by atoms with Crippen LogP contribution in [0.3, 0.4) is 0 Å². The van der Waals surface area contributed by atoms with E-state index < -0.39 is 0 Å². The topological polar surface area (TPSA) is 40.2 Å². The number of nitrogens with zero attached hydrogens (tertiary/aromatic N) is 2. The fourth-order valence-corrected chi connectivity index (χ4v) is 1.86. The summed E-state index contributed by atoms with van der Waals surface area (Å²) in [4.78, 5) is 7.12. The Morgan fingerprint density at radius 2 is 2.06 bits per heavy atom. The van der Waals surface area contributed by atoms with Gasteiger partial charge in [-0.3, -0.25) is 9.88 Å². The summed E-state index contributed by atoms with van der Waals surface area (Å²) >= 11 is 5.31. The zero-order chi connectivity index (χ0) is 11.2. The predicted molar refractivity (Wildman–Crippen MR) is 68.4 cm³/mol. The number of hydrogen-bond acceptors (Lipinski definition) is 4. The minimum absolute atomic E-state index is 0.793. The zero-order valence-corrected chi connectivity index (χ0v) is 9.96. The Labute approximate surface area is 101 Å². The molecule has 0 radical (unpaired) electrons. The molecular weight excluding hydrogens is 220 g/mol. The molecule has 1 aliphatic heterocycles. The number of rotatable bonds is 3. The maximum atomic E-state index is 5.31. The van der Waals surface area contributed by atoms with Crippen LogP contribution in [0, 0.1) is 0 Å². The SMILES string of the molecule is S=C(NCN1CCNCC1)c1ccncc1. The molecule has 2 N–H and O–H groups in total. The van der Waals surface area contributed by atoms with Crippen LogP contribution in [-0.2, 0) is 0 Å². The van der Waals surface area contributed by atoms with E-state index in [0.717, 1.165) is 43.4 Å². The van der Waals surface area contributed by atoms with E-state index in [1.54, 1.807) is 12.4 Å². The smallest absolute Gasteiger partial charge is 0.107 e. The second-order valence-corrected chi connectivity index (χ2v) is 4.18. The van der Waals surface area contributed by atoms with E-state index in [1.807, 2.05) is 12.1 Å². The summed E-state index contributed by atoms with van der Waals surface area (Å²) in [6.07, 6.45) is 3.52. The number of piperazine rings is 1. The standard InChI is InChI=1S/C11H16N4S/c16-11(10-1-3-12-4-2-10)14-9-15-7-5-13-6-8-15/h1-4,13H,5-9H2,(H,14,16). The van der Waals surface area contributed by atoms with Crippen molar-refractivity contribution in [1.82, 2.24) is 20.5 Å². The van der Waals surface area contributed by atoms with Crippen LogP contribution >= 0.6 is 12.2 Å². The molecule has 16 heavy (non-hydrogen) atoms. The van der Waals surface area contributed by atoms with Crippen molar-refractivity contribution in [3.8, 4) is 0 Å². The Hall–Kier alpha value is -1.04. The van der Waals surface area contributed by atoms with Crippen LogP contribution in [0.1, 0.15) is 5.56 Å². The number of pyridine rings is 1. The molecule has 4 nitrogen and oxygen atoms in total. The molecular formula is C11H16N4S. The minimum atomic E-state index is 0.793. The number of aromatic nitrogens is 1. The Bertz CT molecular complexity index is 335. The second-order valence-electron chi connectivity index (χ2n) is 3.77. The highest BCUT2D eigenvalue weighted by molar-refractivity contribution is 7.80. The molecule has 0 unspecified atom stereocenters. The van der Waals surface area contributed by atoms with Crippen molar-refractivity contribution < 1.29 is 0 Å². The van der Waals surface area contributed by atoms with E-state index in [9.17, 15) is 0 Å². The summed E-state index contributed by atoms with van der Waals surface area (Å²) in [5.41, 5.74) is 1.03. The summed E-state index contributed by atoms with van der Waals surface area (Å²) in [7, 11) is 0. The van der Waals surface area contributed by atoms with Crippen molar-refractivity contribution in [1.29, 1.82) is 0 Å². The third-order valence-electron chi connectivity index (χ3n) is 2.62. The quantitative estimate of drug-likeness (QED) is 0.734. The van der Waals surface area contributed by atoms with E-state index >= 15 is 0 Å². The molecule has 1 aliphatic rings. The summed E-state index contributed by atoms with van der Waals surface area (Å²) in [5.74, 6) is 0. The summed E-state index contributed by atoms with van der Waals surface area (Å²) in [6, 6.07) is 3.85. The number of hydrogen-bond donors (Lipinski definition) is 2. The third kappa shape index (κ3) is 3.23. The van der Waals surface area contributed by atoms with E-state index in [2.05, 4.69) is 20.5 Å². The molecule has 0 atom stereocenters. The second kappa shape index (κ2) is 5.89. The first-order valence-corrected chi connectivity index (χ1v) is 5.88. The highest BCUT2D eigenvalue weighted by atomic mass is 32.1. The maximum absolute atomic E-state index is 5.31. The van der Waals surface area contributed by atoms with Crippen LogP contribution in [0.4, 0.5) is 0 Å². The molecule has 1 aromatic heterocycles. The molecule has 1 fully saturated rings. The summed E-state index contributed by atoms with van der Waals surface area (Å²) in [6.45, 7) is 5.09. The Balaban J connectivity index is 1.79. The monoisotopic (exact) mass is 236 g/mol. The van der Waals surface area contributed by atoms with Gasteiger partial charge in [-0.2, -0.15) is 0 Å². The first-order valence-electron chi connectivity index (χ1n) is 5.47. The predicted octanol–water partition coefficient (Wildman–Crippen LogP) is 0.209. The van der Waals surface area contributed by atoms with Gasteiger partial charge in [0.25, 0.3) is 0 Å². The van der Waals surface area contributed by atoms with Crippen molar-refractivity contribution in [3.05, 3.63) is 30.1 Å². The molecule has 0 aromatic carbocycles. The van der Waals surface area contributed by atoms with Crippen molar-refractivity contribution in [2.45, 2.75) is 0 Å². The van der Waals surface area contributed by atoms with Gasteiger partial charge in [-0.15, -0.1) is 0 Å². The molecule has 2 heterocycles. The van der Waals surface area contributed by atoms with Crippen LogP contribution in [0.25, 0.3) is 0 Å². The van der Waals surface area contributed by atoms with Gasteiger partial charge < -0.3 is 10.6 Å². The lowest BCUT2D eigenvalue weighted by Gasteiger charge is -2.27. The molecule has 1 saturated heterocycles. The van der Waals surface area contributed by atoms with Gasteiger partial charge in [0, 0.05) is 44.1 Å². The Kier molecular flexibility index (Phi) is 4.21. The molecule has 86 valence electrons. The molecule has 0 spiro atoms. The van der Waals surface area contributed by atoms with Gasteiger partial charge in [0.15, 0.2) is 0 Å². The van der Waals surface area contributed by atoms with Crippen LogP contribution in [0.15, 0.2) is 24.5 Å². The van der Waals surface area contributed by atoms with Crippen molar-refractivity contribution in [2.24, 2.45) is 0 Å². The highest BCUT2D eigenvalue weighted by Gasteiger charge is 2.09. The maximum Gasteiger partial charge on any atom is 0.107 e. The lowest BCUT2D eigenvalue weighted by atomic mass is 10.3. The number of thiocarbonyl (C=S) groups is 1. The normalized spacial score (nSPS) is 17.0. The fraction of sp³-hybridized carbons (Fsp3) is 0.455. The van der Waals surface area contributed by atoms with Crippen LogP contribution in [-0.4, -0.2) is 47.7 Å².